The van der Waals surface area contributed by atoms with Crippen molar-refractivity contribution in [3.8, 4) is 5.75 Å². The summed E-state index contributed by atoms with van der Waals surface area (Å²) in [7, 11) is 0. The van der Waals surface area contributed by atoms with Crippen LogP contribution in [-0.4, -0.2) is 71.2 Å². The number of hydrogen-bond acceptors (Lipinski definition) is 4. The quantitative estimate of drug-likeness (QED) is 0.624. The standard InChI is InChI=1S/C24H25F2N3O4/c25-18-3-1-17(2-4-18)15-28-13-14-29(24(32)23(28)31)20-9-11-27(12-10-20)22(30)16-33-21-7-5-19(26)6-8-21/h1-8,20H,9-16H2. The highest BCUT2D eigenvalue weighted by Crippen LogP contribution is 2.21. The van der Waals surface area contributed by atoms with Crippen LogP contribution in [0.25, 0.3) is 0 Å². The number of amides is 3. The van der Waals surface area contributed by atoms with Crippen molar-refractivity contribution in [1.29, 1.82) is 0 Å². The van der Waals surface area contributed by atoms with Gasteiger partial charge in [0, 0.05) is 38.8 Å². The number of hydrogen-bond donors (Lipinski definition) is 0. The molecule has 0 bridgehead atoms. The summed E-state index contributed by atoms with van der Waals surface area (Å²) in [4.78, 5) is 42.6. The Bertz CT molecular complexity index is 1010. The summed E-state index contributed by atoms with van der Waals surface area (Å²) in [5, 5.41) is 0. The molecule has 4 rings (SSSR count). The second kappa shape index (κ2) is 9.97. The molecule has 0 unspecified atom stereocenters. The van der Waals surface area contributed by atoms with E-state index in [9.17, 15) is 23.2 Å². The highest BCUT2D eigenvalue weighted by atomic mass is 19.1. The maximum Gasteiger partial charge on any atom is 0.312 e. The van der Waals surface area contributed by atoms with E-state index in [-0.39, 0.29) is 36.7 Å². The summed E-state index contributed by atoms with van der Waals surface area (Å²) in [6.45, 7) is 1.89. The average Bonchev–Trinajstić information content (AvgIpc) is 2.83. The lowest BCUT2D eigenvalue weighted by atomic mass is 10.0. The number of carbonyl (C=O) groups excluding carboxylic acids is 3. The molecule has 3 amide bonds. The first-order valence-electron chi connectivity index (χ1n) is 10.9. The van der Waals surface area contributed by atoms with Gasteiger partial charge < -0.3 is 19.4 Å². The van der Waals surface area contributed by atoms with Gasteiger partial charge in [-0.2, -0.15) is 0 Å². The lowest BCUT2D eigenvalue weighted by Gasteiger charge is -2.42. The molecule has 2 aromatic carbocycles. The SMILES string of the molecule is O=C(COc1ccc(F)cc1)N1CCC(N2CCN(Cc3ccc(F)cc3)C(=O)C2=O)CC1. The number of rotatable bonds is 6. The summed E-state index contributed by atoms with van der Waals surface area (Å²) in [5.41, 5.74) is 0.765. The molecule has 2 aliphatic heterocycles. The van der Waals surface area contributed by atoms with Gasteiger partial charge in [-0.25, -0.2) is 8.78 Å². The van der Waals surface area contributed by atoms with E-state index in [2.05, 4.69) is 0 Å². The van der Waals surface area contributed by atoms with Crippen molar-refractivity contribution in [3.63, 3.8) is 0 Å². The minimum Gasteiger partial charge on any atom is -0.484 e. The van der Waals surface area contributed by atoms with E-state index in [4.69, 9.17) is 4.74 Å². The number of carbonyl (C=O) groups is 3. The van der Waals surface area contributed by atoms with Crippen molar-refractivity contribution >= 4 is 17.7 Å². The van der Waals surface area contributed by atoms with Crippen LogP contribution < -0.4 is 4.74 Å². The van der Waals surface area contributed by atoms with E-state index in [0.717, 1.165) is 5.56 Å². The topological polar surface area (TPSA) is 70.2 Å². The summed E-state index contributed by atoms with van der Waals surface area (Å²) >= 11 is 0. The maximum atomic E-state index is 13.1. The van der Waals surface area contributed by atoms with Crippen molar-refractivity contribution in [2.24, 2.45) is 0 Å². The maximum absolute atomic E-state index is 13.1. The lowest BCUT2D eigenvalue weighted by molar-refractivity contribution is -0.159. The van der Waals surface area contributed by atoms with E-state index in [0.29, 0.717) is 44.8 Å². The number of piperazine rings is 1. The molecule has 2 fully saturated rings. The van der Waals surface area contributed by atoms with Crippen molar-refractivity contribution in [2.45, 2.75) is 25.4 Å². The summed E-state index contributed by atoms with van der Waals surface area (Å²) in [6.07, 6.45) is 1.17. The predicted octanol–water partition coefficient (Wildman–Crippen LogP) is 2.21. The van der Waals surface area contributed by atoms with Gasteiger partial charge in [0.15, 0.2) is 6.61 Å². The van der Waals surface area contributed by atoms with E-state index in [1.54, 1.807) is 21.9 Å². The number of halogens is 2. The summed E-state index contributed by atoms with van der Waals surface area (Å²) < 4.78 is 31.5. The van der Waals surface area contributed by atoms with Crippen LogP contribution in [0.5, 0.6) is 5.75 Å². The Kier molecular flexibility index (Phi) is 6.86. The molecule has 2 heterocycles. The zero-order valence-corrected chi connectivity index (χ0v) is 18.1. The first-order chi connectivity index (χ1) is 15.9. The van der Waals surface area contributed by atoms with Gasteiger partial charge in [-0.1, -0.05) is 12.1 Å². The van der Waals surface area contributed by atoms with Gasteiger partial charge in [0.1, 0.15) is 17.4 Å². The van der Waals surface area contributed by atoms with Crippen LogP contribution in [0.4, 0.5) is 8.78 Å². The van der Waals surface area contributed by atoms with E-state index < -0.39 is 11.8 Å². The molecular weight excluding hydrogens is 432 g/mol. The van der Waals surface area contributed by atoms with Gasteiger partial charge in [0.05, 0.1) is 0 Å². The Morgan fingerprint density at radius 1 is 0.848 bits per heavy atom. The minimum atomic E-state index is -0.559. The molecule has 0 saturated carbocycles. The molecule has 2 aliphatic rings. The molecule has 0 N–H and O–H groups in total. The van der Waals surface area contributed by atoms with Crippen LogP contribution in [0.1, 0.15) is 18.4 Å². The highest BCUT2D eigenvalue weighted by molar-refractivity contribution is 6.35. The van der Waals surface area contributed by atoms with Gasteiger partial charge in [-0.05, 0) is 54.8 Å². The number of likely N-dealkylation sites (tertiary alicyclic amines) is 1. The lowest BCUT2D eigenvalue weighted by Crippen LogP contribution is -2.59. The molecular formula is C24H25F2N3O4. The fraction of sp³-hybridized carbons (Fsp3) is 0.375. The van der Waals surface area contributed by atoms with E-state index >= 15 is 0 Å². The minimum absolute atomic E-state index is 0.100. The largest absolute Gasteiger partial charge is 0.484 e. The van der Waals surface area contributed by atoms with Crippen LogP contribution in [-0.2, 0) is 20.9 Å². The molecule has 2 aromatic rings. The monoisotopic (exact) mass is 457 g/mol. The van der Waals surface area contributed by atoms with E-state index in [1.807, 2.05) is 0 Å². The van der Waals surface area contributed by atoms with Crippen LogP contribution in [0.15, 0.2) is 48.5 Å². The first kappa shape index (κ1) is 22.7. The van der Waals surface area contributed by atoms with Crippen molar-refractivity contribution < 1.29 is 27.9 Å². The molecule has 0 radical (unpaired) electrons. The van der Waals surface area contributed by atoms with Crippen LogP contribution >= 0.6 is 0 Å². The fourth-order valence-corrected chi connectivity index (χ4v) is 4.19. The number of benzene rings is 2. The third-order valence-electron chi connectivity index (χ3n) is 6.06. The van der Waals surface area contributed by atoms with Crippen LogP contribution in [0.2, 0.25) is 0 Å². The number of ether oxygens (including phenoxy) is 1. The zero-order chi connectivity index (χ0) is 23.4. The fourth-order valence-electron chi connectivity index (χ4n) is 4.19. The second-order valence-corrected chi connectivity index (χ2v) is 8.21. The normalized spacial score (nSPS) is 17.5. The molecule has 9 heteroatoms. The Labute approximate surface area is 190 Å². The van der Waals surface area contributed by atoms with Crippen molar-refractivity contribution in [2.75, 3.05) is 32.8 Å². The third-order valence-corrected chi connectivity index (χ3v) is 6.06. The molecule has 0 aliphatic carbocycles. The Morgan fingerprint density at radius 3 is 2.09 bits per heavy atom. The summed E-state index contributed by atoms with van der Waals surface area (Å²) in [6, 6.07) is 11.2. The number of piperidine rings is 1. The predicted molar refractivity (Wildman–Crippen MR) is 115 cm³/mol. The van der Waals surface area contributed by atoms with Gasteiger partial charge in [-0.15, -0.1) is 0 Å². The van der Waals surface area contributed by atoms with Gasteiger partial charge >= 0.3 is 11.8 Å². The van der Waals surface area contributed by atoms with Gasteiger partial charge in [0.2, 0.25) is 0 Å². The van der Waals surface area contributed by atoms with Crippen LogP contribution in [0.3, 0.4) is 0 Å². The Hall–Kier alpha value is -3.49. The summed E-state index contributed by atoms with van der Waals surface area (Å²) in [5.74, 6) is -1.58. The first-order valence-corrected chi connectivity index (χ1v) is 10.9. The molecule has 0 aromatic heterocycles. The molecule has 0 spiro atoms. The van der Waals surface area contributed by atoms with Crippen LogP contribution in [0, 0.1) is 11.6 Å². The van der Waals surface area contributed by atoms with Gasteiger partial charge in [0.25, 0.3) is 5.91 Å². The molecule has 2 saturated heterocycles. The average molecular weight is 457 g/mol. The van der Waals surface area contributed by atoms with E-state index in [1.165, 1.54) is 41.3 Å². The Balaban J connectivity index is 1.25. The highest BCUT2D eigenvalue weighted by Gasteiger charge is 2.38. The smallest absolute Gasteiger partial charge is 0.312 e. The van der Waals surface area contributed by atoms with Crippen molar-refractivity contribution in [3.05, 3.63) is 65.7 Å². The molecule has 33 heavy (non-hydrogen) atoms. The molecule has 7 nitrogen and oxygen atoms in total. The zero-order valence-electron chi connectivity index (χ0n) is 18.1. The number of nitrogens with zero attached hydrogens (tertiary/aromatic N) is 3. The third kappa shape index (κ3) is 5.47. The van der Waals surface area contributed by atoms with Crippen molar-refractivity contribution in [1.82, 2.24) is 14.7 Å². The Morgan fingerprint density at radius 2 is 1.45 bits per heavy atom. The second-order valence-electron chi connectivity index (χ2n) is 8.21. The van der Waals surface area contributed by atoms with Gasteiger partial charge in [-0.3, -0.25) is 14.4 Å². The molecule has 0 atom stereocenters. The molecule has 174 valence electrons.